The molecule has 1 fully saturated rings. The molecule has 1 heterocycles. The Morgan fingerprint density at radius 3 is 2.73 bits per heavy atom. The number of hydrogen-bond acceptors (Lipinski definition) is 3. The Bertz CT molecular complexity index is 155. The minimum Gasteiger partial charge on any atom is -0.356 e. The highest BCUT2D eigenvalue weighted by molar-refractivity contribution is 5.83. The molecule has 64 valence electrons. The fourth-order valence-electron chi connectivity index (χ4n) is 1.28. The maximum absolute atomic E-state index is 11.1. The van der Waals surface area contributed by atoms with Gasteiger partial charge in [-0.1, -0.05) is 6.92 Å². The second-order valence-electron chi connectivity index (χ2n) is 3.03. The number of rotatable bonds is 1. The van der Waals surface area contributed by atoms with Crippen molar-refractivity contribution in [1.82, 2.24) is 0 Å². The summed E-state index contributed by atoms with van der Waals surface area (Å²) in [5.74, 6) is 0.356. The summed E-state index contributed by atoms with van der Waals surface area (Å²) in [6, 6.07) is 0. The van der Waals surface area contributed by atoms with Crippen LogP contribution in [0.15, 0.2) is 0 Å². The van der Waals surface area contributed by atoms with Gasteiger partial charge in [-0.2, -0.15) is 0 Å². The van der Waals surface area contributed by atoms with Crippen LogP contribution < -0.4 is 0 Å². The van der Waals surface area contributed by atoms with E-state index in [4.69, 9.17) is 9.47 Å². The van der Waals surface area contributed by atoms with Gasteiger partial charge in [0.25, 0.3) is 0 Å². The number of methoxy groups -OCH3 is 1. The van der Waals surface area contributed by atoms with Gasteiger partial charge < -0.3 is 9.47 Å². The summed E-state index contributed by atoms with van der Waals surface area (Å²) in [5.41, 5.74) is 0. The Kier molecular flexibility index (Phi) is 2.62. The highest BCUT2D eigenvalue weighted by Crippen LogP contribution is 2.22. The van der Waals surface area contributed by atoms with Gasteiger partial charge in [-0.3, -0.25) is 4.79 Å². The van der Waals surface area contributed by atoms with Gasteiger partial charge in [0.1, 0.15) is 6.10 Å². The van der Waals surface area contributed by atoms with Crippen LogP contribution >= 0.6 is 0 Å². The van der Waals surface area contributed by atoms with Crippen molar-refractivity contribution in [3.63, 3.8) is 0 Å². The lowest BCUT2D eigenvalue weighted by Gasteiger charge is -2.30. The molecule has 0 aliphatic carbocycles. The molecule has 11 heavy (non-hydrogen) atoms. The van der Waals surface area contributed by atoms with Crippen molar-refractivity contribution < 1.29 is 14.3 Å². The van der Waals surface area contributed by atoms with Crippen molar-refractivity contribution in [2.75, 3.05) is 7.11 Å². The van der Waals surface area contributed by atoms with E-state index in [1.54, 1.807) is 14.0 Å². The van der Waals surface area contributed by atoms with Crippen LogP contribution in [-0.2, 0) is 14.3 Å². The van der Waals surface area contributed by atoms with Gasteiger partial charge >= 0.3 is 0 Å². The fraction of sp³-hybridized carbons (Fsp3) is 0.875. The molecule has 0 unspecified atom stereocenters. The number of hydrogen-bond donors (Lipinski definition) is 0. The second kappa shape index (κ2) is 3.32. The molecule has 0 amide bonds. The smallest absolute Gasteiger partial charge is 0.161 e. The average Bonchev–Trinajstić information content (AvgIpc) is 1.97. The number of Topliss-reactive ketones (excluding diaryl/α,β-unsaturated/α-hetero) is 1. The Hall–Kier alpha value is -0.410. The van der Waals surface area contributed by atoms with Crippen LogP contribution in [0.5, 0.6) is 0 Å². The first-order valence-corrected chi connectivity index (χ1v) is 3.86. The first-order valence-electron chi connectivity index (χ1n) is 3.86. The second-order valence-corrected chi connectivity index (χ2v) is 3.03. The van der Waals surface area contributed by atoms with E-state index in [1.807, 2.05) is 6.92 Å². The van der Waals surface area contributed by atoms with Crippen molar-refractivity contribution in [2.45, 2.75) is 32.7 Å². The van der Waals surface area contributed by atoms with E-state index in [2.05, 4.69) is 0 Å². The Labute approximate surface area is 66.7 Å². The molecular formula is C8H14O3. The van der Waals surface area contributed by atoms with E-state index in [1.165, 1.54) is 0 Å². The normalized spacial score (nSPS) is 39.2. The van der Waals surface area contributed by atoms with Crippen LogP contribution in [0.2, 0.25) is 0 Å². The predicted molar refractivity (Wildman–Crippen MR) is 40.1 cm³/mol. The zero-order valence-electron chi connectivity index (χ0n) is 7.16. The molecule has 0 aromatic heterocycles. The Morgan fingerprint density at radius 2 is 2.18 bits per heavy atom. The number of ketones is 1. The lowest BCUT2D eigenvalue weighted by molar-refractivity contribution is -0.200. The van der Waals surface area contributed by atoms with Gasteiger partial charge in [0, 0.05) is 19.4 Å². The molecule has 3 heteroatoms. The van der Waals surface area contributed by atoms with E-state index in [9.17, 15) is 4.79 Å². The van der Waals surface area contributed by atoms with Crippen molar-refractivity contribution in [2.24, 2.45) is 5.92 Å². The predicted octanol–water partition coefficient (Wildman–Crippen LogP) is 0.973. The first-order chi connectivity index (χ1) is 5.15. The molecule has 0 radical (unpaired) electrons. The standard InChI is InChI=1S/C8H14O3/c1-5-4-7(9)6(2)11-8(5)10-3/h5-6,8H,4H2,1-3H3/t5-,6+,8-/m1/s1. The zero-order valence-corrected chi connectivity index (χ0v) is 7.16. The maximum atomic E-state index is 11.1. The number of ether oxygens (including phenoxy) is 2. The van der Waals surface area contributed by atoms with Crippen LogP contribution in [0, 0.1) is 5.92 Å². The molecule has 1 aliphatic heterocycles. The number of carbonyl (C=O) groups is 1. The van der Waals surface area contributed by atoms with Gasteiger partial charge in [-0.25, -0.2) is 0 Å². The highest BCUT2D eigenvalue weighted by atomic mass is 16.7. The molecule has 3 nitrogen and oxygen atoms in total. The van der Waals surface area contributed by atoms with Crippen molar-refractivity contribution in [3.8, 4) is 0 Å². The van der Waals surface area contributed by atoms with Crippen molar-refractivity contribution in [1.29, 1.82) is 0 Å². The zero-order chi connectivity index (χ0) is 8.43. The molecular weight excluding hydrogens is 144 g/mol. The van der Waals surface area contributed by atoms with Crippen molar-refractivity contribution in [3.05, 3.63) is 0 Å². The third kappa shape index (κ3) is 1.79. The summed E-state index contributed by atoms with van der Waals surface area (Å²) in [6.07, 6.45) is 0.0681. The largest absolute Gasteiger partial charge is 0.356 e. The van der Waals surface area contributed by atoms with Crippen LogP contribution in [0.1, 0.15) is 20.3 Å². The third-order valence-electron chi connectivity index (χ3n) is 2.01. The van der Waals surface area contributed by atoms with Gasteiger partial charge in [0.15, 0.2) is 12.1 Å². The molecule has 0 bridgehead atoms. The van der Waals surface area contributed by atoms with Gasteiger partial charge in [0.05, 0.1) is 0 Å². The minimum atomic E-state index is -0.295. The Morgan fingerprint density at radius 1 is 1.55 bits per heavy atom. The quantitative estimate of drug-likeness (QED) is 0.570. The van der Waals surface area contributed by atoms with Gasteiger partial charge in [-0.15, -0.1) is 0 Å². The molecule has 0 N–H and O–H groups in total. The summed E-state index contributed by atoms with van der Waals surface area (Å²) in [5, 5.41) is 0. The van der Waals surface area contributed by atoms with E-state index in [0.717, 1.165) is 0 Å². The summed E-state index contributed by atoms with van der Waals surface area (Å²) in [4.78, 5) is 11.1. The average molecular weight is 158 g/mol. The van der Waals surface area contributed by atoms with E-state index >= 15 is 0 Å². The molecule has 0 aromatic rings. The van der Waals surface area contributed by atoms with Crippen molar-refractivity contribution >= 4 is 5.78 Å². The summed E-state index contributed by atoms with van der Waals surface area (Å²) in [7, 11) is 1.60. The first kappa shape index (κ1) is 8.68. The lowest BCUT2D eigenvalue weighted by atomic mass is 9.98. The third-order valence-corrected chi connectivity index (χ3v) is 2.01. The minimum absolute atomic E-state index is 0.172. The van der Waals surface area contributed by atoms with Crippen LogP contribution in [-0.4, -0.2) is 25.3 Å². The lowest BCUT2D eigenvalue weighted by Crippen LogP contribution is -2.39. The topological polar surface area (TPSA) is 35.5 Å². The summed E-state index contributed by atoms with van der Waals surface area (Å²) in [6.45, 7) is 3.72. The fourth-order valence-corrected chi connectivity index (χ4v) is 1.28. The van der Waals surface area contributed by atoms with E-state index in [-0.39, 0.29) is 24.1 Å². The van der Waals surface area contributed by atoms with Crippen LogP contribution in [0.3, 0.4) is 0 Å². The van der Waals surface area contributed by atoms with Gasteiger partial charge in [0.2, 0.25) is 0 Å². The highest BCUT2D eigenvalue weighted by Gasteiger charge is 2.31. The monoisotopic (exact) mass is 158 g/mol. The molecule has 3 atom stereocenters. The maximum Gasteiger partial charge on any atom is 0.161 e. The molecule has 1 saturated heterocycles. The summed E-state index contributed by atoms with van der Waals surface area (Å²) < 4.78 is 10.3. The summed E-state index contributed by atoms with van der Waals surface area (Å²) >= 11 is 0. The molecule has 0 aromatic carbocycles. The molecule has 1 rings (SSSR count). The Balaban J connectivity index is 2.54. The molecule has 0 saturated carbocycles. The van der Waals surface area contributed by atoms with Gasteiger partial charge in [-0.05, 0) is 6.92 Å². The van der Waals surface area contributed by atoms with Crippen LogP contribution in [0.4, 0.5) is 0 Å². The van der Waals surface area contributed by atoms with Crippen LogP contribution in [0.25, 0.3) is 0 Å². The van der Waals surface area contributed by atoms with E-state index in [0.29, 0.717) is 6.42 Å². The van der Waals surface area contributed by atoms with E-state index < -0.39 is 0 Å². The number of carbonyl (C=O) groups excluding carboxylic acids is 1. The molecule has 0 spiro atoms. The molecule has 1 aliphatic rings. The SMILES string of the molecule is CO[C@@H]1O[C@@H](C)C(=O)C[C@H]1C.